The average molecular weight is 309 g/mol. The summed E-state index contributed by atoms with van der Waals surface area (Å²) in [6.07, 6.45) is 5.05. The van der Waals surface area contributed by atoms with Gasteiger partial charge in [-0.2, -0.15) is 0 Å². The first-order chi connectivity index (χ1) is 9.81. The van der Waals surface area contributed by atoms with E-state index in [0.29, 0.717) is 17.3 Å². The Morgan fingerprint density at radius 3 is 2.71 bits per heavy atom. The summed E-state index contributed by atoms with van der Waals surface area (Å²) < 4.78 is 5.36. The Morgan fingerprint density at radius 1 is 1.43 bits per heavy atom. The van der Waals surface area contributed by atoms with Crippen molar-refractivity contribution in [2.45, 2.75) is 32.9 Å². The summed E-state index contributed by atoms with van der Waals surface area (Å²) in [6, 6.07) is 5.50. The van der Waals surface area contributed by atoms with Crippen LogP contribution in [0, 0.1) is 12.3 Å². The molecule has 0 spiro atoms. The predicted octanol–water partition coefficient (Wildman–Crippen LogP) is 2.36. The highest BCUT2D eigenvalue weighted by atomic mass is 35.5. The highest BCUT2D eigenvalue weighted by Gasteiger charge is 2.10. The Hall–Kier alpha value is -1.70. The van der Waals surface area contributed by atoms with Crippen LogP contribution < -0.4 is 15.4 Å². The Kier molecular flexibility index (Phi) is 6.54. The summed E-state index contributed by atoms with van der Waals surface area (Å²) >= 11 is 6.15. The lowest BCUT2D eigenvalue weighted by molar-refractivity contribution is -0.122. The molecule has 0 atom stereocenters. The maximum atomic E-state index is 11.4. The van der Waals surface area contributed by atoms with Crippen LogP contribution in [-0.2, 0) is 11.3 Å². The van der Waals surface area contributed by atoms with Gasteiger partial charge in [-0.1, -0.05) is 23.6 Å². The van der Waals surface area contributed by atoms with Crippen LogP contribution in [0.15, 0.2) is 18.2 Å². The van der Waals surface area contributed by atoms with E-state index in [1.807, 2.05) is 12.1 Å². The molecule has 0 bridgehead atoms. The van der Waals surface area contributed by atoms with Gasteiger partial charge in [-0.15, -0.1) is 6.42 Å². The number of benzene rings is 1. The van der Waals surface area contributed by atoms with Gasteiger partial charge >= 0.3 is 0 Å². The van der Waals surface area contributed by atoms with Gasteiger partial charge in [-0.25, -0.2) is 0 Å². The minimum atomic E-state index is -0.275. The number of carbonyl (C=O) groups excluding carboxylic acids is 1. The molecule has 5 heteroatoms. The van der Waals surface area contributed by atoms with Gasteiger partial charge in [0.1, 0.15) is 5.75 Å². The molecule has 1 amide bonds. The zero-order chi connectivity index (χ0) is 15.9. The first-order valence-corrected chi connectivity index (χ1v) is 7.06. The second kappa shape index (κ2) is 7.92. The van der Waals surface area contributed by atoms with Crippen LogP contribution in [0.5, 0.6) is 5.75 Å². The molecule has 1 aromatic rings. The summed E-state index contributed by atoms with van der Waals surface area (Å²) in [4.78, 5) is 11.4. The second-order valence-corrected chi connectivity index (χ2v) is 6.05. The number of rotatable bonds is 6. The Bertz CT molecular complexity index is 530. The molecule has 0 saturated heterocycles. The molecule has 114 valence electrons. The van der Waals surface area contributed by atoms with Crippen molar-refractivity contribution in [2.75, 3.05) is 13.2 Å². The third kappa shape index (κ3) is 7.03. The average Bonchev–Trinajstić information content (AvgIpc) is 2.41. The number of amides is 1. The van der Waals surface area contributed by atoms with E-state index in [4.69, 9.17) is 22.8 Å². The van der Waals surface area contributed by atoms with Gasteiger partial charge in [0.05, 0.1) is 11.6 Å². The lowest BCUT2D eigenvalue weighted by atomic mass is 10.1. The number of hydrogen-bond donors (Lipinski definition) is 2. The van der Waals surface area contributed by atoms with Crippen molar-refractivity contribution in [2.24, 2.45) is 0 Å². The van der Waals surface area contributed by atoms with Gasteiger partial charge in [-0.3, -0.25) is 4.79 Å². The van der Waals surface area contributed by atoms with Gasteiger partial charge in [0.2, 0.25) is 0 Å². The van der Waals surface area contributed by atoms with Crippen molar-refractivity contribution in [3.05, 3.63) is 28.8 Å². The number of nitrogens with one attached hydrogen (secondary N) is 2. The van der Waals surface area contributed by atoms with E-state index in [0.717, 1.165) is 5.56 Å². The third-order valence-corrected chi connectivity index (χ3v) is 2.86. The van der Waals surface area contributed by atoms with Gasteiger partial charge < -0.3 is 15.4 Å². The fraction of sp³-hybridized carbons (Fsp3) is 0.438. The van der Waals surface area contributed by atoms with Crippen molar-refractivity contribution in [1.29, 1.82) is 0 Å². The van der Waals surface area contributed by atoms with Gasteiger partial charge in [-0.05, 0) is 38.5 Å². The molecular formula is C16H21ClN2O2. The molecule has 2 N–H and O–H groups in total. The van der Waals surface area contributed by atoms with Crippen LogP contribution in [0.1, 0.15) is 26.3 Å². The van der Waals surface area contributed by atoms with E-state index in [2.05, 4.69) is 37.3 Å². The van der Waals surface area contributed by atoms with Crippen molar-refractivity contribution in [3.8, 4) is 18.1 Å². The topological polar surface area (TPSA) is 50.4 Å². The molecule has 0 fully saturated rings. The lowest BCUT2D eigenvalue weighted by Crippen LogP contribution is -2.35. The molecule has 21 heavy (non-hydrogen) atoms. The van der Waals surface area contributed by atoms with Crippen molar-refractivity contribution >= 4 is 17.5 Å². The molecule has 0 aromatic heterocycles. The lowest BCUT2D eigenvalue weighted by Gasteiger charge is -2.20. The Balaban J connectivity index is 2.54. The minimum absolute atomic E-state index is 0.0385. The fourth-order valence-electron chi connectivity index (χ4n) is 1.48. The van der Waals surface area contributed by atoms with E-state index in [1.54, 1.807) is 6.07 Å². The molecule has 1 aromatic carbocycles. The summed E-state index contributed by atoms with van der Waals surface area (Å²) in [5, 5.41) is 6.37. The van der Waals surface area contributed by atoms with Crippen LogP contribution in [0.2, 0.25) is 5.02 Å². The molecule has 0 aliphatic rings. The quantitative estimate of drug-likeness (QED) is 0.793. The summed E-state index contributed by atoms with van der Waals surface area (Å²) in [5.41, 5.74) is 1.09. The molecule has 0 unspecified atom stereocenters. The first-order valence-electron chi connectivity index (χ1n) is 6.68. The molecule has 0 heterocycles. The number of ether oxygens (including phenoxy) is 1. The van der Waals surface area contributed by atoms with Crippen LogP contribution in [-0.4, -0.2) is 24.6 Å². The summed E-state index contributed by atoms with van der Waals surface area (Å²) in [5.74, 6) is 2.52. The largest absolute Gasteiger partial charge is 0.482 e. The van der Waals surface area contributed by atoms with E-state index < -0.39 is 0 Å². The second-order valence-electron chi connectivity index (χ2n) is 5.64. The first kappa shape index (κ1) is 17.4. The maximum absolute atomic E-state index is 11.4. The van der Waals surface area contributed by atoms with Crippen LogP contribution in [0.3, 0.4) is 0 Å². The smallest absolute Gasteiger partial charge is 0.258 e. The molecule has 0 radical (unpaired) electrons. The SMILES string of the molecule is C#CCNC(=O)COc1ccc(CNC(C)(C)C)cc1Cl. The molecule has 0 aliphatic heterocycles. The van der Waals surface area contributed by atoms with Crippen LogP contribution in [0.4, 0.5) is 0 Å². The van der Waals surface area contributed by atoms with Crippen LogP contribution in [0.25, 0.3) is 0 Å². The van der Waals surface area contributed by atoms with Crippen molar-refractivity contribution in [3.63, 3.8) is 0 Å². The minimum Gasteiger partial charge on any atom is -0.482 e. The van der Waals surface area contributed by atoms with Gasteiger partial charge in [0.15, 0.2) is 6.61 Å². The summed E-state index contributed by atoms with van der Waals surface area (Å²) in [7, 11) is 0. The molecule has 1 rings (SSSR count). The molecule has 4 nitrogen and oxygen atoms in total. The normalized spacial score (nSPS) is 10.8. The van der Waals surface area contributed by atoms with Gasteiger partial charge in [0, 0.05) is 12.1 Å². The highest BCUT2D eigenvalue weighted by molar-refractivity contribution is 6.32. The number of terminal acetylenes is 1. The summed E-state index contributed by atoms with van der Waals surface area (Å²) in [6.45, 7) is 7.09. The zero-order valence-corrected chi connectivity index (χ0v) is 13.4. The van der Waals surface area contributed by atoms with Crippen LogP contribution >= 0.6 is 11.6 Å². The molecule has 0 saturated carbocycles. The van der Waals surface area contributed by atoms with E-state index >= 15 is 0 Å². The third-order valence-electron chi connectivity index (χ3n) is 2.57. The monoisotopic (exact) mass is 308 g/mol. The van der Waals surface area contributed by atoms with Gasteiger partial charge in [0.25, 0.3) is 5.91 Å². The molecular weight excluding hydrogens is 288 g/mol. The predicted molar refractivity (Wildman–Crippen MR) is 85.4 cm³/mol. The zero-order valence-electron chi connectivity index (χ0n) is 12.6. The van der Waals surface area contributed by atoms with Crippen molar-refractivity contribution < 1.29 is 9.53 Å². The van der Waals surface area contributed by atoms with Crippen molar-refractivity contribution in [1.82, 2.24) is 10.6 Å². The molecule has 0 aliphatic carbocycles. The number of hydrogen-bond acceptors (Lipinski definition) is 3. The van der Waals surface area contributed by atoms with E-state index in [9.17, 15) is 4.79 Å². The Labute approximate surface area is 131 Å². The van der Waals surface area contributed by atoms with E-state index in [-0.39, 0.29) is 24.6 Å². The standard InChI is InChI=1S/C16H21ClN2O2/c1-5-8-18-15(20)11-21-14-7-6-12(9-13(14)17)10-19-16(2,3)4/h1,6-7,9,19H,8,10-11H2,2-4H3,(H,18,20). The number of carbonyl (C=O) groups is 1. The fourth-order valence-corrected chi connectivity index (χ4v) is 1.74. The maximum Gasteiger partial charge on any atom is 0.258 e. The van der Waals surface area contributed by atoms with E-state index in [1.165, 1.54) is 0 Å². The highest BCUT2D eigenvalue weighted by Crippen LogP contribution is 2.25. The Morgan fingerprint density at radius 2 is 2.14 bits per heavy atom. The number of halogens is 1.